The lowest BCUT2D eigenvalue weighted by Crippen LogP contribution is -2.63. The predicted octanol–water partition coefficient (Wildman–Crippen LogP) is 3.39. The van der Waals surface area contributed by atoms with Gasteiger partial charge in [0, 0.05) is 20.3 Å². The van der Waals surface area contributed by atoms with Gasteiger partial charge in [0.2, 0.25) is 0 Å². The standard InChI is InChI=1S/C18H29N3OS2/c1-6-10-14(2)24(22,19-5,13-15-11-8-7-9-12-15)17-20-16(23)18(3,4)21-17/h7-9,11-12,14H,6,10,13H2,1-5H3,(H,19,22)(H,20,21,23). The van der Waals surface area contributed by atoms with Crippen LogP contribution in [-0.4, -0.2) is 32.2 Å². The summed E-state index contributed by atoms with van der Waals surface area (Å²) in [6.45, 7) is 8.08. The Kier molecular flexibility index (Phi) is 5.33. The predicted molar refractivity (Wildman–Crippen MR) is 109 cm³/mol. The number of rotatable bonds is 6. The van der Waals surface area contributed by atoms with Crippen molar-refractivity contribution in [1.82, 2.24) is 10.0 Å². The Morgan fingerprint density at radius 3 is 2.42 bits per heavy atom. The Morgan fingerprint density at radius 2 is 1.96 bits per heavy atom. The van der Waals surface area contributed by atoms with Crippen LogP contribution in [0.1, 0.15) is 46.1 Å². The molecule has 0 spiro atoms. The summed E-state index contributed by atoms with van der Waals surface area (Å²) >= 11 is 5.44. The monoisotopic (exact) mass is 367 g/mol. The molecule has 0 aliphatic carbocycles. The highest BCUT2D eigenvalue weighted by molar-refractivity contribution is 8.30. The van der Waals surface area contributed by atoms with E-state index in [2.05, 4.69) is 23.9 Å². The molecule has 0 saturated heterocycles. The summed E-state index contributed by atoms with van der Waals surface area (Å²) < 4.78 is 17.9. The maximum Gasteiger partial charge on any atom is 0.184 e. The van der Waals surface area contributed by atoms with Gasteiger partial charge in [-0.25, -0.2) is 4.99 Å². The van der Waals surface area contributed by atoms with Gasteiger partial charge in [-0.1, -0.05) is 62.8 Å². The van der Waals surface area contributed by atoms with Crippen molar-refractivity contribution in [3.8, 4) is 0 Å². The highest BCUT2D eigenvalue weighted by atomic mass is 32.3. The van der Waals surface area contributed by atoms with Crippen LogP contribution >= 0.6 is 12.2 Å². The van der Waals surface area contributed by atoms with E-state index < -0.39 is 14.8 Å². The average molecular weight is 368 g/mol. The molecule has 1 aliphatic rings. The van der Waals surface area contributed by atoms with Crippen LogP contribution in [0.3, 0.4) is 0 Å². The highest BCUT2D eigenvalue weighted by Crippen LogP contribution is 2.38. The lowest BCUT2D eigenvalue weighted by Gasteiger charge is -2.46. The largest absolute Gasteiger partial charge is 0.326 e. The molecule has 0 bridgehead atoms. The fourth-order valence-electron chi connectivity index (χ4n) is 3.13. The fraction of sp³-hybridized carbons (Fsp3) is 0.556. The molecule has 2 rings (SSSR count). The first-order valence-corrected chi connectivity index (χ1v) is 11.1. The van der Waals surface area contributed by atoms with Crippen LogP contribution in [0.4, 0.5) is 0 Å². The molecule has 6 heteroatoms. The first kappa shape index (κ1) is 19.2. The van der Waals surface area contributed by atoms with E-state index in [0.29, 0.717) is 15.9 Å². The normalized spacial score (nSPS) is 20.0. The van der Waals surface area contributed by atoms with Gasteiger partial charge in [0.05, 0.1) is 0 Å². The van der Waals surface area contributed by atoms with Crippen LogP contribution in [0.25, 0.3) is 0 Å². The number of thiocarbonyl (C=S) groups is 1. The second-order valence-electron chi connectivity index (χ2n) is 7.04. The van der Waals surface area contributed by atoms with Crippen molar-refractivity contribution in [2.45, 2.75) is 57.1 Å². The smallest absolute Gasteiger partial charge is 0.184 e. The minimum absolute atomic E-state index is 0.0554. The van der Waals surface area contributed by atoms with Crippen LogP contribution in [-0.2, 0) is 15.0 Å². The topological polar surface area (TPSA) is 53.5 Å². The average Bonchev–Trinajstić information content (AvgIpc) is 2.83. The van der Waals surface area contributed by atoms with Crippen molar-refractivity contribution < 1.29 is 4.21 Å². The Hall–Kier alpha value is -1.11. The first-order valence-electron chi connectivity index (χ1n) is 8.46. The van der Waals surface area contributed by atoms with Crippen LogP contribution in [0, 0.1) is 0 Å². The van der Waals surface area contributed by atoms with Gasteiger partial charge in [0.15, 0.2) is 5.17 Å². The van der Waals surface area contributed by atoms with Gasteiger partial charge >= 0.3 is 0 Å². The maximum atomic E-state index is 14.7. The van der Waals surface area contributed by atoms with Gasteiger partial charge in [0.1, 0.15) is 10.5 Å². The molecule has 0 amide bonds. The molecule has 1 heterocycles. The zero-order valence-electron chi connectivity index (χ0n) is 15.3. The number of nitrogens with zero attached hydrogens (tertiary/aromatic N) is 1. The molecule has 1 unspecified atom stereocenters. The number of aliphatic imine (C=N–C) groups is 1. The number of nitrogens with one attached hydrogen (secondary N) is 2. The van der Waals surface area contributed by atoms with Gasteiger partial charge in [-0.15, -0.1) is 0 Å². The summed E-state index contributed by atoms with van der Waals surface area (Å²) in [6, 6.07) is 9.96. The van der Waals surface area contributed by atoms with Crippen molar-refractivity contribution in [2.75, 3.05) is 7.05 Å². The van der Waals surface area contributed by atoms with Gasteiger partial charge < -0.3 is 5.32 Å². The maximum absolute atomic E-state index is 14.7. The van der Waals surface area contributed by atoms with E-state index in [4.69, 9.17) is 17.2 Å². The third-order valence-corrected chi connectivity index (χ3v) is 10.3. The molecule has 4 nitrogen and oxygen atoms in total. The number of benzene rings is 1. The zero-order valence-corrected chi connectivity index (χ0v) is 16.9. The number of amidine groups is 1. The molecule has 1 atom stereocenters. The molecule has 0 aromatic heterocycles. The van der Waals surface area contributed by atoms with Crippen molar-refractivity contribution in [1.29, 1.82) is 0 Å². The van der Waals surface area contributed by atoms with E-state index in [1.807, 2.05) is 44.2 Å². The van der Waals surface area contributed by atoms with Gasteiger partial charge in [-0.3, -0.25) is 8.93 Å². The van der Waals surface area contributed by atoms with E-state index in [1.54, 1.807) is 7.05 Å². The summed E-state index contributed by atoms with van der Waals surface area (Å²) in [6.07, 6.45) is 1.82. The van der Waals surface area contributed by atoms with E-state index in [0.717, 1.165) is 18.4 Å². The van der Waals surface area contributed by atoms with Gasteiger partial charge in [0.25, 0.3) is 0 Å². The molecule has 1 aromatic rings. The number of hydrogen-bond acceptors (Lipinski definition) is 3. The molecule has 0 fully saturated rings. The molecule has 0 radical (unpaired) electrons. The molecule has 0 saturated carbocycles. The van der Waals surface area contributed by atoms with E-state index in [1.165, 1.54) is 0 Å². The summed E-state index contributed by atoms with van der Waals surface area (Å²) in [5.41, 5.74) is 0.512. The van der Waals surface area contributed by atoms with Gasteiger partial charge in [-0.05, 0) is 32.9 Å². The number of hydrogen-bond donors (Lipinski definition) is 2. The van der Waals surface area contributed by atoms with Crippen LogP contribution in [0.2, 0.25) is 0 Å². The molecule has 1 aromatic carbocycles. The third-order valence-electron chi connectivity index (χ3n) is 4.87. The second-order valence-corrected chi connectivity index (χ2v) is 11.7. The van der Waals surface area contributed by atoms with Crippen LogP contribution < -0.4 is 10.0 Å². The van der Waals surface area contributed by atoms with E-state index >= 15 is 0 Å². The molecule has 24 heavy (non-hydrogen) atoms. The Morgan fingerprint density at radius 1 is 1.33 bits per heavy atom. The zero-order chi connectivity index (χ0) is 18.0. The summed E-state index contributed by atoms with van der Waals surface area (Å²) in [4.78, 5) is 5.38. The molecular weight excluding hydrogens is 338 g/mol. The lowest BCUT2D eigenvalue weighted by molar-refractivity contribution is 0.628. The summed E-state index contributed by atoms with van der Waals surface area (Å²) in [5.74, 6) is 0.417. The molecule has 134 valence electrons. The van der Waals surface area contributed by atoms with Gasteiger partial charge in [-0.2, -0.15) is 0 Å². The van der Waals surface area contributed by atoms with Crippen molar-refractivity contribution in [3.05, 3.63) is 35.9 Å². The van der Waals surface area contributed by atoms with Crippen LogP contribution in [0.15, 0.2) is 35.3 Å². The SMILES string of the molecule is CCCC(C)S(=O)(Cc1ccccc1)(NC)C1=NC(C)(C)C(=S)N1. The summed E-state index contributed by atoms with van der Waals surface area (Å²) in [7, 11) is -1.69. The minimum Gasteiger partial charge on any atom is -0.326 e. The van der Waals surface area contributed by atoms with E-state index in [-0.39, 0.29) is 5.25 Å². The molecular formula is C18H29N3OS2. The third kappa shape index (κ3) is 3.19. The Balaban J connectivity index is 2.61. The second kappa shape index (κ2) is 6.65. The summed E-state index contributed by atoms with van der Waals surface area (Å²) in [5, 5.41) is 3.66. The minimum atomic E-state index is -3.47. The van der Waals surface area contributed by atoms with E-state index in [9.17, 15) is 4.21 Å². The van der Waals surface area contributed by atoms with Crippen molar-refractivity contribution >= 4 is 31.6 Å². The first-order chi connectivity index (χ1) is 11.2. The van der Waals surface area contributed by atoms with Crippen molar-refractivity contribution in [2.24, 2.45) is 4.99 Å². The fourth-order valence-corrected chi connectivity index (χ4v) is 7.22. The Bertz CT molecular complexity index is 712. The van der Waals surface area contributed by atoms with Crippen LogP contribution in [0.5, 0.6) is 0 Å². The highest BCUT2D eigenvalue weighted by Gasteiger charge is 2.50. The quantitative estimate of drug-likeness (QED) is 0.758. The Labute approximate surface area is 151 Å². The van der Waals surface area contributed by atoms with Crippen molar-refractivity contribution in [3.63, 3.8) is 0 Å². The molecule has 1 aliphatic heterocycles. The lowest BCUT2D eigenvalue weighted by atomic mass is 10.1. The molecule has 2 N–H and O–H groups in total.